The van der Waals surface area contributed by atoms with Crippen LogP contribution in [0.3, 0.4) is 0 Å². The number of halogens is 2. The zero-order chi connectivity index (χ0) is 17.9. The molecule has 1 aromatic carbocycles. The lowest BCUT2D eigenvalue weighted by Crippen LogP contribution is -1.99. The lowest BCUT2D eigenvalue weighted by atomic mass is 10.2. The highest BCUT2D eigenvalue weighted by atomic mass is 35.5. The first-order valence-electron chi connectivity index (χ1n) is 7.07. The number of carbonyl (C=O) groups is 1. The minimum absolute atomic E-state index is 0.121. The smallest absolute Gasteiger partial charge is 0.330 e. The number of aromatic hydroxyl groups is 1. The first-order valence-corrected chi connectivity index (χ1v) is 7.83. The third-order valence-corrected chi connectivity index (χ3v) is 3.69. The van der Waals surface area contributed by atoms with E-state index in [-0.39, 0.29) is 28.2 Å². The second-order valence-corrected chi connectivity index (χ2v) is 5.66. The van der Waals surface area contributed by atoms with Crippen LogP contribution in [-0.4, -0.2) is 27.5 Å². The average Bonchev–Trinajstić information content (AvgIpc) is 2.77. The molecule has 1 heterocycles. The number of nitrogens with zero attached hydrogens (tertiary/aromatic N) is 2. The van der Waals surface area contributed by atoms with Crippen molar-refractivity contribution in [3.8, 4) is 17.4 Å². The summed E-state index contributed by atoms with van der Waals surface area (Å²) in [6.07, 6.45) is 2.85. The second-order valence-electron chi connectivity index (χ2n) is 4.85. The van der Waals surface area contributed by atoms with Crippen LogP contribution < -0.4 is 4.74 Å². The summed E-state index contributed by atoms with van der Waals surface area (Å²) in [4.78, 5) is 11.5. The molecule has 2 rings (SSSR count). The van der Waals surface area contributed by atoms with Gasteiger partial charge in [-0.1, -0.05) is 23.2 Å². The fraction of sp³-hybridized carbons (Fsp3) is 0.250. The number of phenols is 1. The van der Waals surface area contributed by atoms with Crippen LogP contribution in [0.1, 0.15) is 18.2 Å². The van der Waals surface area contributed by atoms with Crippen molar-refractivity contribution in [1.29, 1.82) is 0 Å². The van der Waals surface area contributed by atoms with Gasteiger partial charge >= 0.3 is 5.97 Å². The van der Waals surface area contributed by atoms with Crippen LogP contribution >= 0.6 is 23.2 Å². The lowest BCUT2D eigenvalue weighted by molar-refractivity contribution is -0.137. The van der Waals surface area contributed by atoms with E-state index in [1.807, 2.05) is 0 Å². The van der Waals surface area contributed by atoms with Crippen LogP contribution in [0.15, 0.2) is 18.2 Å². The highest BCUT2D eigenvalue weighted by molar-refractivity contribution is 6.36. The van der Waals surface area contributed by atoms with Crippen LogP contribution in [-0.2, 0) is 16.6 Å². The summed E-state index contributed by atoms with van der Waals surface area (Å²) in [6.45, 7) is 3.79. The number of phenolic OH excluding ortho intramolecular Hbond substituents is 1. The first-order chi connectivity index (χ1) is 11.3. The fourth-order valence-electron chi connectivity index (χ4n) is 2.01. The minimum Gasteiger partial charge on any atom is -0.506 e. The van der Waals surface area contributed by atoms with Crippen molar-refractivity contribution in [2.24, 2.45) is 7.05 Å². The molecular weight excluding hydrogens is 355 g/mol. The molecule has 0 bridgehead atoms. The molecule has 0 aliphatic carbocycles. The molecule has 2 aromatic rings. The SMILES string of the molecule is CCOC(=O)C=Cc1c(C)nn(C)c1Oc1cc(O)c(Cl)cc1Cl. The third-order valence-electron chi connectivity index (χ3n) is 3.09. The van der Waals surface area contributed by atoms with Gasteiger partial charge in [0.2, 0.25) is 5.88 Å². The highest BCUT2D eigenvalue weighted by Gasteiger charge is 2.16. The molecule has 0 saturated carbocycles. The number of carbonyl (C=O) groups excluding carboxylic acids is 1. The van der Waals surface area contributed by atoms with Gasteiger partial charge in [0, 0.05) is 19.2 Å². The Morgan fingerprint density at radius 1 is 1.38 bits per heavy atom. The summed E-state index contributed by atoms with van der Waals surface area (Å²) in [7, 11) is 1.69. The Hall–Kier alpha value is -2.18. The number of aryl methyl sites for hydroxylation is 2. The molecule has 8 heteroatoms. The van der Waals surface area contributed by atoms with Gasteiger partial charge in [-0.3, -0.25) is 0 Å². The largest absolute Gasteiger partial charge is 0.506 e. The Morgan fingerprint density at radius 2 is 2.08 bits per heavy atom. The van der Waals surface area contributed by atoms with Gasteiger partial charge in [0.1, 0.15) is 5.75 Å². The quantitative estimate of drug-likeness (QED) is 0.633. The first kappa shape index (κ1) is 18.2. The Labute approximate surface area is 149 Å². The molecule has 0 unspecified atom stereocenters. The predicted octanol–water partition coefficient (Wildman–Crippen LogP) is 4.11. The molecule has 0 spiro atoms. The number of esters is 1. The van der Waals surface area contributed by atoms with E-state index in [4.69, 9.17) is 32.7 Å². The van der Waals surface area contributed by atoms with Crippen LogP contribution in [0.4, 0.5) is 0 Å². The third kappa shape index (κ3) is 4.01. The van der Waals surface area contributed by atoms with Gasteiger partial charge in [-0.05, 0) is 26.0 Å². The van der Waals surface area contributed by atoms with Crippen molar-refractivity contribution >= 4 is 35.2 Å². The van der Waals surface area contributed by atoms with E-state index in [9.17, 15) is 9.90 Å². The van der Waals surface area contributed by atoms with Crippen molar-refractivity contribution in [2.45, 2.75) is 13.8 Å². The van der Waals surface area contributed by atoms with Crippen molar-refractivity contribution in [1.82, 2.24) is 9.78 Å². The zero-order valence-electron chi connectivity index (χ0n) is 13.3. The van der Waals surface area contributed by atoms with Crippen molar-refractivity contribution in [3.63, 3.8) is 0 Å². The molecule has 128 valence electrons. The van der Waals surface area contributed by atoms with Crippen LogP contribution in [0, 0.1) is 6.92 Å². The minimum atomic E-state index is -0.464. The molecule has 0 amide bonds. The second kappa shape index (κ2) is 7.59. The maximum Gasteiger partial charge on any atom is 0.330 e. The summed E-state index contributed by atoms with van der Waals surface area (Å²) in [6, 6.07) is 2.69. The van der Waals surface area contributed by atoms with Gasteiger partial charge < -0.3 is 14.6 Å². The van der Waals surface area contributed by atoms with Crippen molar-refractivity contribution in [3.05, 3.63) is 39.5 Å². The number of rotatable bonds is 5. The van der Waals surface area contributed by atoms with Crippen LogP contribution in [0.5, 0.6) is 17.4 Å². The number of benzene rings is 1. The van der Waals surface area contributed by atoms with E-state index in [2.05, 4.69) is 5.10 Å². The Balaban J connectivity index is 2.38. The molecule has 24 heavy (non-hydrogen) atoms. The monoisotopic (exact) mass is 370 g/mol. The van der Waals surface area contributed by atoms with Crippen molar-refractivity contribution in [2.75, 3.05) is 6.61 Å². The van der Waals surface area contributed by atoms with E-state index in [1.54, 1.807) is 27.0 Å². The Kier molecular flexibility index (Phi) is 5.75. The molecular formula is C16H16Cl2N2O4. The van der Waals surface area contributed by atoms with E-state index in [1.165, 1.54) is 22.9 Å². The molecule has 0 aliphatic heterocycles. The van der Waals surface area contributed by atoms with Crippen molar-refractivity contribution < 1.29 is 19.4 Å². The molecule has 0 atom stereocenters. The van der Waals surface area contributed by atoms with Gasteiger partial charge in [-0.15, -0.1) is 0 Å². The molecule has 0 fully saturated rings. The summed E-state index contributed by atoms with van der Waals surface area (Å²) >= 11 is 11.9. The standard InChI is InChI=1S/C16H16Cl2N2O4/c1-4-23-15(22)6-5-10-9(2)19-20(3)16(10)24-14-8-13(21)11(17)7-12(14)18/h5-8,21H,4H2,1-3H3. The summed E-state index contributed by atoms with van der Waals surface area (Å²) in [5.41, 5.74) is 1.25. The summed E-state index contributed by atoms with van der Waals surface area (Å²) < 4.78 is 12.1. The molecule has 0 radical (unpaired) electrons. The lowest BCUT2D eigenvalue weighted by Gasteiger charge is -2.10. The molecule has 0 saturated heterocycles. The maximum absolute atomic E-state index is 11.5. The van der Waals surface area contributed by atoms with Crippen LogP contribution in [0.2, 0.25) is 10.0 Å². The molecule has 0 aliphatic rings. The normalized spacial score (nSPS) is 11.0. The van der Waals surface area contributed by atoms with Gasteiger partial charge in [0.15, 0.2) is 5.75 Å². The van der Waals surface area contributed by atoms with E-state index in [0.29, 0.717) is 17.1 Å². The fourth-order valence-corrected chi connectivity index (χ4v) is 2.43. The van der Waals surface area contributed by atoms with E-state index < -0.39 is 5.97 Å². The highest BCUT2D eigenvalue weighted by Crippen LogP contribution is 2.38. The van der Waals surface area contributed by atoms with Gasteiger partial charge in [0.25, 0.3) is 0 Å². The van der Waals surface area contributed by atoms with E-state index in [0.717, 1.165) is 0 Å². The topological polar surface area (TPSA) is 73.6 Å². The molecule has 1 N–H and O–H groups in total. The van der Waals surface area contributed by atoms with Gasteiger partial charge in [-0.25, -0.2) is 9.48 Å². The predicted molar refractivity (Wildman–Crippen MR) is 91.8 cm³/mol. The molecule has 6 nitrogen and oxygen atoms in total. The number of hydrogen-bond acceptors (Lipinski definition) is 5. The maximum atomic E-state index is 11.5. The average molecular weight is 371 g/mol. The van der Waals surface area contributed by atoms with Gasteiger partial charge in [-0.2, -0.15) is 5.10 Å². The zero-order valence-corrected chi connectivity index (χ0v) is 14.9. The molecule has 1 aromatic heterocycles. The Morgan fingerprint density at radius 3 is 2.75 bits per heavy atom. The number of ether oxygens (including phenoxy) is 2. The summed E-state index contributed by atoms with van der Waals surface area (Å²) in [5.74, 6) is -0.0449. The van der Waals surface area contributed by atoms with E-state index >= 15 is 0 Å². The van der Waals surface area contributed by atoms with Gasteiger partial charge in [0.05, 0.1) is 27.9 Å². The van der Waals surface area contributed by atoms with Crippen LogP contribution in [0.25, 0.3) is 6.08 Å². The summed E-state index contributed by atoms with van der Waals surface area (Å²) in [5, 5.41) is 14.3. The Bertz CT molecular complexity index is 800. The number of hydrogen-bond donors (Lipinski definition) is 1. The number of aromatic nitrogens is 2.